The van der Waals surface area contributed by atoms with Crippen LogP contribution in [-0.4, -0.2) is 57.8 Å². The molecule has 10 atom stereocenters. The van der Waals surface area contributed by atoms with Crippen LogP contribution in [-0.2, 0) is 31.9 Å². The van der Waals surface area contributed by atoms with Crippen molar-refractivity contribution < 1.29 is 34.4 Å². The molecule has 0 radical (unpaired) electrons. The number of ether oxygens (including phenoxy) is 2. The van der Waals surface area contributed by atoms with Crippen molar-refractivity contribution in [1.82, 2.24) is 0 Å². The molecule has 5 saturated carbocycles. The zero-order valence-electron chi connectivity index (χ0n) is 40.5. The van der Waals surface area contributed by atoms with Gasteiger partial charge < -0.3 is 24.8 Å². The van der Waals surface area contributed by atoms with Crippen molar-refractivity contribution >= 4 is 11.9 Å². The molecule has 2 spiro atoms. The maximum absolute atomic E-state index is 14.2. The summed E-state index contributed by atoms with van der Waals surface area (Å²) < 4.78 is 12.1. The maximum atomic E-state index is 14.2. The molecule has 7 nitrogen and oxygen atoms in total. The van der Waals surface area contributed by atoms with Gasteiger partial charge in [0.1, 0.15) is 12.7 Å². The second-order valence-corrected chi connectivity index (χ2v) is 23.6. The van der Waals surface area contributed by atoms with Gasteiger partial charge in [0.2, 0.25) is 0 Å². The number of aryl methyl sites for hydroxylation is 2. The van der Waals surface area contributed by atoms with Gasteiger partial charge in [-0.25, -0.2) is 4.79 Å². The smallest absolute Gasteiger partial charge is 0.331 e. The fourth-order valence-corrected chi connectivity index (χ4v) is 16.7. The molecule has 358 valence electrons. The fraction of sp³-hybridized carbons (Fsp3) is 0.695. The molecule has 5 aliphatic carbocycles. The number of hydrogen-bond donors (Lipinski definition) is 3. The average molecular weight is 901 g/mol. The lowest BCUT2D eigenvalue weighted by Gasteiger charge is -2.72. The first-order chi connectivity index (χ1) is 31.7. The molecule has 66 heavy (non-hydrogen) atoms. The summed E-state index contributed by atoms with van der Waals surface area (Å²) in [7, 11) is 0. The predicted octanol–water partition coefficient (Wildman–Crippen LogP) is 11.4. The Labute approximate surface area is 396 Å². The number of carbonyl (C=O) groups excluding carboxylic acids is 2. The van der Waals surface area contributed by atoms with Gasteiger partial charge in [0, 0.05) is 24.8 Å². The molecule has 5 fully saturated rings. The Hall–Kier alpha value is -3.44. The Morgan fingerprint density at radius 1 is 0.833 bits per heavy atom. The Bertz CT molecular complexity index is 2110. The minimum atomic E-state index is -1.68. The van der Waals surface area contributed by atoms with Crippen LogP contribution in [0.4, 0.5) is 0 Å². The third-order valence-electron chi connectivity index (χ3n) is 19.9. The van der Waals surface area contributed by atoms with E-state index in [1.54, 1.807) is 0 Å². The highest BCUT2D eigenvalue weighted by molar-refractivity contribution is 5.85. The third-order valence-corrected chi connectivity index (χ3v) is 19.9. The van der Waals surface area contributed by atoms with E-state index in [9.17, 15) is 24.9 Å². The highest BCUT2D eigenvalue weighted by atomic mass is 16.5. The summed E-state index contributed by atoms with van der Waals surface area (Å²) in [6.45, 7) is 6.81. The van der Waals surface area contributed by atoms with Crippen LogP contribution in [0.25, 0.3) is 0 Å². The summed E-state index contributed by atoms with van der Waals surface area (Å²) in [6, 6.07) is 21.7. The van der Waals surface area contributed by atoms with Gasteiger partial charge in [-0.3, -0.25) is 4.79 Å². The van der Waals surface area contributed by atoms with E-state index in [1.165, 1.54) is 75.0 Å². The quantitative estimate of drug-likeness (QED) is 0.120. The summed E-state index contributed by atoms with van der Waals surface area (Å²) in [6.07, 6.45) is 20.6. The van der Waals surface area contributed by atoms with Crippen LogP contribution >= 0.6 is 0 Å². The van der Waals surface area contributed by atoms with Gasteiger partial charge in [-0.2, -0.15) is 0 Å². The van der Waals surface area contributed by atoms with Gasteiger partial charge in [-0.05, 0) is 173 Å². The van der Waals surface area contributed by atoms with E-state index in [1.807, 2.05) is 6.92 Å². The molecule has 2 aromatic rings. The molecular weight excluding hydrogens is 821 g/mol. The molecule has 2 aromatic carbocycles. The van der Waals surface area contributed by atoms with Crippen molar-refractivity contribution in [2.45, 2.75) is 199 Å². The number of esters is 2. The molecule has 0 amide bonds. The predicted molar refractivity (Wildman–Crippen MR) is 259 cm³/mol. The second kappa shape index (κ2) is 19.2. The van der Waals surface area contributed by atoms with E-state index < -0.39 is 46.1 Å². The van der Waals surface area contributed by atoms with Gasteiger partial charge in [0.25, 0.3) is 0 Å². The Kier molecular flexibility index (Phi) is 13.8. The van der Waals surface area contributed by atoms with E-state index in [2.05, 4.69) is 86.4 Å². The first-order valence-corrected chi connectivity index (χ1v) is 26.5. The molecular formula is C59H80O7. The molecule has 0 saturated heterocycles. The summed E-state index contributed by atoms with van der Waals surface area (Å²) in [4.78, 5) is 26.2. The van der Waals surface area contributed by atoms with Crippen LogP contribution < -0.4 is 0 Å². The summed E-state index contributed by atoms with van der Waals surface area (Å²) in [5.74, 6) is 6.99. The lowest BCUT2D eigenvalue weighted by atomic mass is 9.35. The van der Waals surface area contributed by atoms with Crippen molar-refractivity contribution in [2.24, 2.45) is 50.7 Å². The molecule has 9 rings (SSSR count). The maximum Gasteiger partial charge on any atom is 0.331 e. The van der Waals surface area contributed by atoms with Crippen LogP contribution in [0, 0.1) is 62.6 Å². The van der Waals surface area contributed by atoms with E-state index in [4.69, 9.17) is 9.47 Å². The normalized spacial score (nSPS) is 38.0. The Morgan fingerprint density at radius 2 is 1.53 bits per heavy atom. The number of hydrogen-bond acceptors (Lipinski definition) is 7. The molecule has 2 bridgehead atoms. The Balaban J connectivity index is 1.04. The van der Waals surface area contributed by atoms with E-state index in [0.29, 0.717) is 48.9 Å². The van der Waals surface area contributed by atoms with Crippen molar-refractivity contribution in [3.8, 4) is 11.8 Å². The van der Waals surface area contributed by atoms with Gasteiger partial charge >= 0.3 is 11.9 Å². The number of cyclic esters (lactones) is 1. The SMILES string of the molecule is CC(CCCc1ccccc1)CCC(O)C12C(O)CCC(C)(C3CCC4(CC3)CC(CCc3ccccc3)C3(CCCC3)C4)C1C1CC(C)(C#CCCC(=O)O1)C2(O)CCC1=CC(=O)OC1. The van der Waals surface area contributed by atoms with Crippen LogP contribution in [0.15, 0.2) is 72.3 Å². The number of rotatable bonds is 15. The molecule has 0 aromatic heterocycles. The molecule has 3 N–H and O–H groups in total. The third kappa shape index (κ3) is 8.76. The molecule has 10 unspecified atom stereocenters. The summed E-state index contributed by atoms with van der Waals surface area (Å²) in [5, 5.41) is 40.7. The van der Waals surface area contributed by atoms with Crippen molar-refractivity contribution in [3.05, 3.63) is 83.4 Å². The van der Waals surface area contributed by atoms with Crippen LogP contribution in [0.1, 0.15) is 173 Å². The first-order valence-electron chi connectivity index (χ1n) is 26.5. The zero-order valence-corrected chi connectivity index (χ0v) is 40.5. The number of carbonyl (C=O) groups is 2. The number of aliphatic hydroxyl groups is 3. The Morgan fingerprint density at radius 3 is 2.21 bits per heavy atom. The minimum absolute atomic E-state index is 0.172. The van der Waals surface area contributed by atoms with Crippen LogP contribution in [0.3, 0.4) is 0 Å². The molecule has 2 heterocycles. The highest BCUT2D eigenvalue weighted by Gasteiger charge is 2.78. The number of aliphatic hydroxyl groups excluding tert-OH is 2. The van der Waals surface area contributed by atoms with E-state index in [0.717, 1.165) is 62.9 Å². The van der Waals surface area contributed by atoms with Crippen LogP contribution in [0.5, 0.6) is 0 Å². The summed E-state index contributed by atoms with van der Waals surface area (Å²) in [5.41, 5.74) is -0.316. The van der Waals surface area contributed by atoms with Crippen molar-refractivity contribution in [1.29, 1.82) is 0 Å². The molecule has 7 heteroatoms. The lowest BCUT2D eigenvalue weighted by Crippen LogP contribution is -2.79. The van der Waals surface area contributed by atoms with Gasteiger partial charge in [-0.1, -0.05) is 99.7 Å². The number of fused-ring (bicyclic) bond motifs is 4. The standard InChI is InChI=1S/C59H80O7/c1-42(15-14-20-43-16-6-4-7-17-43)22-25-49(60)59-50(61)29-33-55(3,46-27-34-56(35-28-46)38-47(57(41-56)31-12-13-32-57)24-23-44-18-8-5-9-19-44)53(59)48-39-54(2,30-11-10-21-51(62)66-48)58(59,64)36-26-45-37-52(63)65-40-45/h4-9,16-19,37,42,46-50,53,60-61,64H,10,12-15,20-29,31-36,38-41H2,1-3H3. The van der Waals surface area contributed by atoms with Crippen molar-refractivity contribution in [3.63, 3.8) is 0 Å². The van der Waals surface area contributed by atoms with Crippen molar-refractivity contribution in [2.75, 3.05) is 6.61 Å². The van der Waals surface area contributed by atoms with Crippen LogP contribution in [0.2, 0.25) is 0 Å². The van der Waals surface area contributed by atoms with E-state index >= 15 is 0 Å². The zero-order chi connectivity index (χ0) is 46.2. The topological polar surface area (TPSA) is 113 Å². The van der Waals surface area contributed by atoms with Gasteiger partial charge in [0.15, 0.2) is 0 Å². The first kappa shape index (κ1) is 47.6. The summed E-state index contributed by atoms with van der Waals surface area (Å²) >= 11 is 0. The molecule has 2 aliphatic heterocycles. The van der Waals surface area contributed by atoms with E-state index in [-0.39, 0.29) is 37.3 Å². The lowest BCUT2D eigenvalue weighted by molar-refractivity contribution is -0.339. The average Bonchev–Trinajstić information content (AvgIpc) is 4.05. The minimum Gasteiger partial charge on any atom is -0.462 e. The molecule has 7 aliphatic rings. The number of benzene rings is 2. The van der Waals surface area contributed by atoms with Gasteiger partial charge in [0.05, 0.1) is 35.1 Å². The fourth-order valence-electron chi connectivity index (χ4n) is 16.7. The highest BCUT2D eigenvalue weighted by Crippen LogP contribution is 2.73. The largest absolute Gasteiger partial charge is 0.462 e. The monoisotopic (exact) mass is 901 g/mol. The van der Waals surface area contributed by atoms with Gasteiger partial charge in [-0.15, -0.1) is 5.92 Å². The second-order valence-electron chi connectivity index (χ2n) is 23.6.